The van der Waals surface area contributed by atoms with Gasteiger partial charge in [-0.2, -0.15) is 0 Å². The number of nitrogens with two attached hydrogens (primary N) is 1. The largest absolute Gasteiger partial charge is 0.338 e. The number of nitrogens with zero attached hydrogens (tertiary/aromatic N) is 1. The van der Waals surface area contributed by atoms with Crippen LogP contribution in [0.15, 0.2) is 29.6 Å². The number of rotatable bonds is 2. The first kappa shape index (κ1) is 13.6. The Bertz CT molecular complexity index is 620. The lowest BCUT2D eigenvalue weighted by atomic mass is 9.92. The van der Waals surface area contributed by atoms with Gasteiger partial charge in [0.2, 0.25) is 0 Å². The van der Waals surface area contributed by atoms with E-state index in [-0.39, 0.29) is 11.9 Å². The smallest absolute Gasteiger partial charge is 0.255 e. The second kappa shape index (κ2) is 5.54. The van der Waals surface area contributed by atoms with E-state index in [1.165, 1.54) is 4.70 Å². The van der Waals surface area contributed by atoms with Gasteiger partial charge in [0, 0.05) is 34.6 Å². The lowest BCUT2D eigenvalue weighted by Crippen LogP contribution is -2.45. The third kappa shape index (κ3) is 2.45. The summed E-state index contributed by atoms with van der Waals surface area (Å²) in [5, 5.41) is 3.06. The standard InChI is InChI=1S/C16H20N2OS/c1-11(17)12-5-4-8-18(9-12)16(19)14-10-20-15-7-3-2-6-13(14)15/h2-3,6-7,10-12H,4-5,8-9,17H2,1H3. The van der Waals surface area contributed by atoms with E-state index in [1.807, 2.05) is 35.4 Å². The molecule has 2 atom stereocenters. The molecule has 2 heterocycles. The summed E-state index contributed by atoms with van der Waals surface area (Å²) in [6.07, 6.45) is 2.19. The maximum Gasteiger partial charge on any atom is 0.255 e. The van der Waals surface area contributed by atoms with Crippen LogP contribution in [0.25, 0.3) is 10.1 Å². The van der Waals surface area contributed by atoms with E-state index in [0.29, 0.717) is 5.92 Å². The van der Waals surface area contributed by atoms with Crippen molar-refractivity contribution in [3.8, 4) is 0 Å². The number of thiophene rings is 1. The molecule has 3 nitrogen and oxygen atoms in total. The average molecular weight is 288 g/mol. The van der Waals surface area contributed by atoms with Gasteiger partial charge in [0.15, 0.2) is 0 Å². The van der Waals surface area contributed by atoms with Crippen LogP contribution in [-0.2, 0) is 0 Å². The Morgan fingerprint density at radius 1 is 1.45 bits per heavy atom. The summed E-state index contributed by atoms with van der Waals surface area (Å²) in [7, 11) is 0. The molecule has 1 aromatic carbocycles. The van der Waals surface area contributed by atoms with Crippen molar-refractivity contribution in [2.24, 2.45) is 11.7 Å². The Morgan fingerprint density at radius 3 is 3.05 bits per heavy atom. The van der Waals surface area contributed by atoms with Gasteiger partial charge >= 0.3 is 0 Å². The molecule has 2 N–H and O–H groups in total. The van der Waals surface area contributed by atoms with Crippen LogP contribution in [0.4, 0.5) is 0 Å². The van der Waals surface area contributed by atoms with Crippen molar-refractivity contribution in [2.75, 3.05) is 13.1 Å². The molecule has 3 rings (SSSR count). The van der Waals surface area contributed by atoms with Crippen molar-refractivity contribution in [1.82, 2.24) is 4.90 Å². The van der Waals surface area contributed by atoms with Crippen LogP contribution >= 0.6 is 11.3 Å². The van der Waals surface area contributed by atoms with Gasteiger partial charge in [-0.25, -0.2) is 0 Å². The first-order valence-corrected chi connectivity index (χ1v) is 8.06. The summed E-state index contributed by atoms with van der Waals surface area (Å²) in [4.78, 5) is 14.7. The highest BCUT2D eigenvalue weighted by Gasteiger charge is 2.27. The van der Waals surface area contributed by atoms with Crippen molar-refractivity contribution >= 4 is 27.3 Å². The second-order valence-electron chi connectivity index (χ2n) is 5.66. The summed E-state index contributed by atoms with van der Waals surface area (Å²) in [5.74, 6) is 0.588. The Morgan fingerprint density at radius 2 is 2.25 bits per heavy atom. The molecule has 106 valence electrons. The molecule has 0 spiro atoms. The van der Waals surface area contributed by atoms with Crippen molar-refractivity contribution in [1.29, 1.82) is 0 Å². The summed E-state index contributed by atoms with van der Waals surface area (Å²) >= 11 is 1.64. The minimum Gasteiger partial charge on any atom is -0.338 e. The van der Waals surface area contributed by atoms with Crippen LogP contribution in [0.1, 0.15) is 30.1 Å². The lowest BCUT2D eigenvalue weighted by molar-refractivity contribution is 0.0663. The van der Waals surface area contributed by atoms with E-state index in [0.717, 1.165) is 36.9 Å². The summed E-state index contributed by atoms with van der Waals surface area (Å²) in [6, 6.07) is 8.27. The first-order valence-electron chi connectivity index (χ1n) is 7.18. The summed E-state index contributed by atoms with van der Waals surface area (Å²) in [6.45, 7) is 3.69. The van der Waals surface area contributed by atoms with E-state index >= 15 is 0 Å². The molecule has 1 aliphatic heterocycles. The highest BCUT2D eigenvalue weighted by Crippen LogP contribution is 2.28. The molecule has 0 saturated carbocycles. The second-order valence-corrected chi connectivity index (χ2v) is 6.57. The predicted molar refractivity (Wildman–Crippen MR) is 84.1 cm³/mol. The maximum atomic E-state index is 12.7. The highest BCUT2D eigenvalue weighted by molar-refractivity contribution is 7.17. The van der Waals surface area contributed by atoms with E-state index < -0.39 is 0 Å². The van der Waals surface area contributed by atoms with E-state index in [1.54, 1.807) is 11.3 Å². The first-order chi connectivity index (χ1) is 9.66. The number of carbonyl (C=O) groups is 1. The Labute approximate surface area is 123 Å². The van der Waals surface area contributed by atoms with Gasteiger partial charge in [0.05, 0.1) is 5.56 Å². The van der Waals surface area contributed by atoms with E-state index in [4.69, 9.17) is 5.73 Å². The molecule has 20 heavy (non-hydrogen) atoms. The quantitative estimate of drug-likeness (QED) is 0.923. The minimum absolute atomic E-state index is 0.157. The molecule has 0 bridgehead atoms. The molecule has 0 radical (unpaired) electrons. The van der Waals surface area contributed by atoms with Crippen molar-refractivity contribution in [3.05, 3.63) is 35.2 Å². The molecule has 1 saturated heterocycles. The van der Waals surface area contributed by atoms with Crippen LogP contribution < -0.4 is 5.73 Å². The summed E-state index contributed by atoms with van der Waals surface area (Å²) < 4.78 is 1.18. The zero-order valence-corrected chi connectivity index (χ0v) is 12.5. The molecule has 1 aromatic heterocycles. The van der Waals surface area contributed by atoms with Gasteiger partial charge in [-0.1, -0.05) is 18.2 Å². The molecule has 1 amide bonds. The van der Waals surface area contributed by atoms with Gasteiger partial charge < -0.3 is 10.6 Å². The number of hydrogen-bond acceptors (Lipinski definition) is 3. The van der Waals surface area contributed by atoms with Crippen LogP contribution in [0.3, 0.4) is 0 Å². The van der Waals surface area contributed by atoms with Crippen LogP contribution in [0.5, 0.6) is 0 Å². The zero-order chi connectivity index (χ0) is 14.1. The third-order valence-corrected chi connectivity index (χ3v) is 5.16. The van der Waals surface area contributed by atoms with Crippen molar-refractivity contribution in [2.45, 2.75) is 25.8 Å². The SMILES string of the molecule is CC(N)C1CCCN(C(=O)c2csc3ccccc23)C1. The highest BCUT2D eigenvalue weighted by atomic mass is 32.1. The maximum absolute atomic E-state index is 12.7. The molecule has 0 aliphatic carbocycles. The molecule has 2 unspecified atom stereocenters. The minimum atomic E-state index is 0.157. The Balaban J connectivity index is 1.85. The molecule has 2 aromatic rings. The topological polar surface area (TPSA) is 46.3 Å². The predicted octanol–water partition coefficient (Wildman–Crippen LogP) is 3.10. The number of amides is 1. The van der Waals surface area contributed by atoms with E-state index in [2.05, 4.69) is 6.07 Å². The monoisotopic (exact) mass is 288 g/mol. The number of carbonyl (C=O) groups excluding carboxylic acids is 1. The fraction of sp³-hybridized carbons (Fsp3) is 0.438. The van der Waals surface area contributed by atoms with Gasteiger partial charge in [0.25, 0.3) is 5.91 Å². The Hall–Kier alpha value is -1.39. The molecular weight excluding hydrogens is 268 g/mol. The van der Waals surface area contributed by atoms with Gasteiger partial charge in [-0.05, 0) is 31.7 Å². The number of likely N-dealkylation sites (tertiary alicyclic amines) is 1. The Kier molecular flexibility index (Phi) is 3.76. The lowest BCUT2D eigenvalue weighted by Gasteiger charge is -2.34. The van der Waals surface area contributed by atoms with Crippen molar-refractivity contribution in [3.63, 3.8) is 0 Å². The number of hydrogen-bond donors (Lipinski definition) is 1. The molecule has 1 aliphatic rings. The van der Waals surface area contributed by atoms with E-state index in [9.17, 15) is 4.79 Å². The fourth-order valence-corrected chi connectivity index (χ4v) is 3.87. The molecule has 1 fully saturated rings. The third-order valence-electron chi connectivity index (χ3n) is 4.20. The van der Waals surface area contributed by atoms with Crippen LogP contribution in [-0.4, -0.2) is 29.9 Å². The number of piperidine rings is 1. The number of benzene rings is 1. The van der Waals surface area contributed by atoms with Gasteiger partial charge in [0.1, 0.15) is 0 Å². The zero-order valence-electron chi connectivity index (χ0n) is 11.7. The van der Waals surface area contributed by atoms with Crippen molar-refractivity contribution < 1.29 is 4.79 Å². The fourth-order valence-electron chi connectivity index (χ4n) is 2.94. The molecular formula is C16H20N2OS. The van der Waals surface area contributed by atoms with Gasteiger partial charge in [-0.3, -0.25) is 4.79 Å². The van der Waals surface area contributed by atoms with Crippen LogP contribution in [0.2, 0.25) is 0 Å². The van der Waals surface area contributed by atoms with Gasteiger partial charge in [-0.15, -0.1) is 11.3 Å². The summed E-state index contributed by atoms with van der Waals surface area (Å²) in [5.41, 5.74) is 6.85. The normalized spacial score (nSPS) is 21.1. The number of fused-ring (bicyclic) bond motifs is 1. The molecule has 4 heteroatoms. The van der Waals surface area contributed by atoms with Crippen LogP contribution in [0, 0.1) is 5.92 Å². The average Bonchev–Trinajstić information content (AvgIpc) is 2.90.